The van der Waals surface area contributed by atoms with Crippen LogP contribution in [0.2, 0.25) is 0 Å². The number of hydrogen-bond acceptors (Lipinski definition) is 2. The number of carboxylic acids is 1. The van der Waals surface area contributed by atoms with Crippen molar-refractivity contribution in [2.45, 2.75) is 45.4 Å². The minimum absolute atomic E-state index is 0.0383. The summed E-state index contributed by atoms with van der Waals surface area (Å²) < 4.78 is 0. The first-order valence-corrected chi connectivity index (χ1v) is 7.65. The highest BCUT2D eigenvalue weighted by atomic mass is 16.4. The van der Waals surface area contributed by atoms with Gasteiger partial charge >= 0.3 is 5.97 Å². The first-order valence-electron chi connectivity index (χ1n) is 7.65. The molecule has 1 aliphatic heterocycles. The third kappa shape index (κ3) is 2.43. The van der Waals surface area contributed by atoms with Crippen molar-refractivity contribution >= 4 is 17.6 Å². The van der Waals surface area contributed by atoms with Crippen molar-refractivity contribution in [2.75, 3.05) is 11.4 Å². The van der Waals surface area contributed by atoms with Gasteiger partial charge in [0.2, 0.25) is 5.91 Å². The van der Waals surface area contributed by atoms with Crippen molar-refractivity contribution in [1.82, 2.24) is 0 Å². The summed E-state index contributed by atoms with van der Waals surface area (Å²) in [6.45, 7) is 2.72. The van der Waals surface area contributed by atoms with Crippen LogP contribution in [0, 0.1) is 12.3 Å². The maximum atomic E-state index is 12.6. The second kappa shape index (κ2) is 5.17. The molecule has 1 aliphatic carbocycles. The van der Waals surface area contributed by atoms with Gasteiger partial charge in [0, 0.05) is 18.7 Å². The van der Waals surface area contributed by atoms with Crippen molar-refractivity contribution < 1.29 is 14.7 Å². The van der Waals surface area contributed by atoms with Gasteiger partial charge < -0.3 is 10.0 Å². The third-order valence-electron chi connectivity index (χ3n) is 4.91. The molecule has 0 spiro atoms. The Morgan fingerprint density at radius 3 is 2.67 bits per heavy atom. The second-order valence-corrected chi connectivity index (χ2v) is 6.40. The number of carbonyl (C=O) groups excluding carboxylic acids is 1. The average Bonchev–Trinajstić information content (AvgIpc) is 2.41. The van der Waals surface area contributed by atoms with E-state index in [9.17, 15) is 14.7 Å². The summed E-state index contributed by atoms with van der Waals surface area (Å²) in [6, 6.07) is 6.19. The molecule has 4 nitrogen and oxygen atoms in total. The molecule has 0 aromatic heterocycles. The molecule has 0 atom stereocenters. The minimum atomic E-state index is -0.816. The van der Waals surface area contributed by atoms with E-state index in [0.717, 1.165) is 30.5 Å². The van der Waals surface area contributed by atoms with E-state index in [0.29, 0.717) is 19.4 Å². The largest absolute Gasteiger partial charge is 0.481 e. The maximum Gasteiger partial charge on any atom is 0.310 e. The van der Waals surface area contributed by atoms with Crippen LogP contribution in [0.15, 0.2) is 18.2 Å². The van der Waals surface area contributed by atoms with Gasteiger partial charge in [0.05, 0.1) is 5.41 Å². The molecule has 112 valence electrons. The highest BCUT2D eigenvalue weighted by Gasteiger charge is 2.46. The monoisotopic (exact) mass is 287 g/mol. The van der Waals surface area contributed by atoms with Gasteiger partial charge in [-0.1, -0.05) is 18.6 Å². The zero-order chi connectivity index (χ0) is 15.0. The molecular formula is C17H21NO3. The van der Waals surface area contributed by atoms with Crippen LogP contribution in [0.25, 0.3) is 0 Å². The van der Waals surface area contributed by atoms with E-state index < -0.39 is 11.4 Å². The van der Waals surface area contributed by atoms with Crippen molar-refractivity contribution in [2.24, 2.45) is 5.41 Å². The lowest BCUT2D eigenvalue weighted by atomic mass is 9.66. The molecule has 1 aromatic carbocycles. The summed E-state index contributed by atoms with van der Waals surface area (Å²) in [6.07, 6.45) is 4.24. The van der Waals surface area contributed by atoms with Crippen molar-refractivity contribution in [3.05, 3.63) is 29.3 Å². The average molecular weight is 287 g/mol. The minimum Gasteiger partial charge on any atom is -0.481 e. The number of benzene rings is 1. The van der Waals surface area contributed by atoms with Crippen LogP contribution in [0.1, 0.15) is 43.2 Å². The summed E-state index contributed by atoms with van der Waals surface area (Å²) in [5.74, 6) is -0.854. The summed E-state index contributed by atoms with van der Waals surface area (Å²) in [5.41, 5.74) is 2.49. The first-order chi connectivity index (χ1) is 10.0. The van der Waals surface area contributed by atoms with Gasteiger partial charge in [0.1, 0.15) is 0 Å². The fourth-order valence-corrected chi connectivity index (χ4v) is 3.40. The molecular weight excluding hydrogens is 266 g/mol. The number of nitrogens with zero attached hydrogens (tertiary/aromatic N) is 1. The molecule has 1 saturated carbocycles. The quantitative estimate of drug-likeness (QED) is 0.930. The number of hydrogen-bond donors (Lipinski definition) is 1. The fourth-order valence-electron chi connectivity index (χ4n) is 3.40. The summed E-state index contributed by atoms with van der Waals surface area (Å²) >= 11 is 0. The van der Waals surface area contributed by atoms with E-state index in [1.54, 1.807) is 4.90 Å². The Labute approximate surface area is 124 Å². The predicted molar refractivity (Wildman–Crippen MR) is 80.4 cm³/mol. The number of aliphatic carboxylic acids is 1. The Morgan fingerprint density at radius 1 is 1.29 bits per heavy atom. The first kappa shape index (κ1) is 14.1. The molecule has 21 heavy (non-hydrogen) atoms. The molecule has 1 aromatic rings. The van der Waals surface area contributed by atoms with E-state index in [1.165, 1.54) is 5.56 Å². The second-order valence-electron chi connectivity index (χ2n) is 6.40. The number of anilines is 1. The number of fused-ring (bicyclic) bond motifs is 1. The van der Waals surface area contributed by atoms with Gasteiger partial charge in [-0.05, 0) is 49.8 Å². The Bertz CT molecular complexity index is 590. The topological polar surface area (TPSA) is 57.6 Å². The number of aryl methyl sites for hydroxylation is 2. The van der Waals surface area contributed by atoms with E-state index in [1.807, 2.05) is 13.0 Å². The van der Waals surface area contributed by atoms with E-state index >= 15 is 0 Å². The Hall–Kier alpha value is -1.84. The normalized spacial score (nSPS) is 19.6. The molecule has 4 heteroatoms. The highest BCUT2D eigenvalue weighted by Crippen LogP contribution is 2.45. The van der Waals surface area contributed by atoms with Gasteiger partial charge in [-0.15, -0.1) is 0 Å². The van der Waals surface area contributed by atoms with Gasteiger partial charge in [0.15, 0.2) is 0 Å². The molecule has 0 radical (unpaired) electrons. The van der Waals surface area contributed by atoms with Crippen molar-refractivity contribution in [3.8, 4) is 0 Å². The number of amides is 1. The molecule has 1 fully saturated rings. The van der Waals surface area contributed by atoms with Crippen molar-refractivity contribution in [1.29, 1.82) is 0 Å². The highest BCUT2D eigenvalue weighted by molar-refractivity contribution is 5.97. The van der Waals surface area contributed by atoms with E-state index in [4.69, 9.17) is 0 Å². The number of carboxylic acid groups (broad SMARTS) is 1. The van der Waals surface area contributed by atoms with Crippen LogP contribution in [0.5, 0.6) is 0 Å². The van der Waals surface area contributed by atoms with Gasteiger partial charge in [0.25, 0.3) is 0 Å². The zero-order valence-corrected chi connectivity index (χ0v) is 12.4. The summed E-state index contributed by atoms with van der Waals surface area (Å²) in [4.78, 5) is 25.9. The standard InChI is InChI=1S/C17H21NO3/c1-12-5-6-13-4-2-9-18(14(13)10-12)15(19)11-17(16(20)21)7-3-8-17/h5-6,10H,2-4,7-9,11H2,1H3,(H,20,21). The molecule has 1 amide bonds. The molecule has 3 rings (SSSR count). The molecule has 1 N–H and O–H groups in total. The number of rotatable bonds is 3. The Morgan fingerprint density at radius 2 is 2.05 bits per heavy atom. The summed E-state index contributed by atoms with van der Waals surface area (Å²) in [7, 11) is 0. The van der Waals surface area contributed by atoms with Crippen LogP contribution < -0.4 is 4.90 Å². The van der Waals surface area contributed by atoms with Crippen LogP contribution in [0.4, 0.5) is 5.69 Å². The van der Waals surface area contributed by atoms with Crippen LogP contribution in [-0.4, -0.2) is 23.5 Å². The smallest absolute Gasteiger partial charge is 0.310 e. The lowest BCUT2D eigenvalue weighted by molar-refractivity contribution is -0.157. The molecule has 1 heterocycles. The molecule has 0 bridgehead atoms. The summed E-state index contributed by atoms with van der Waals surface area (Å²) in [5, 5.41) is 9.40. The molecule has 0 unspecified atom stereocenters. The lowest BCUT2D eigenvalue weighted by Gasteiger charge is -2.39. The fraction of sp³-hybridized carbons (Fsp3) is 0.529. The van der Waals surface area contributed by atoms with Gasteiger partial charge in [-0.3, -0.25) is 9.59 Å². The van der Waals surface area contributed by atoms with Crippen LogP contribution in [-0.2, 0) is 16.0 Å². The molecule has 0 saturated heterocycles. The van der Waals surface area contributed by atoms with E-state index in [2.05, 4.69) is 12.1 Å². The Kier molecular flexibility index (Phi) is 3.47. The van der Waals surface area contributed by atoms with Crippen LogP contribution in [0.3, 0.4) is 0 Å². The SMILES string of the molecule is Cc1ccc2c(c1)N(C(=O)CC1(C(=O)O)CCC1)CCC2. The maximum absolute atomic E-state index is 12.6. The van der Waals surface area contributed by atoms with Gasteiger partial charge in [-0.2, -0.15) is 0 Å². The Balaban J connectivity index is 1.83. The predicted octanol–water partition coefficient (Wildman–Crippen LogP) is 2.92. The third-order valence-corrected chi connectivity index (χ3v) is 4.91. The van der Waals surface area contributed by atoms with Gasteiger partial charge in [-0.25, -0.2) is 0 Å². The molecule has 2 aliphatic rings. The van der Waals surface area contributed by atoms with E-state index in [-0.39, 0.29) is 12.3 Å². The van der Waals surface area contributed by atoms with Crippen molar-refractivity contribution in [3.63, 3.8) is 0 Å². The lowest BCUT2D eigenvalue weighted by Crippen LogP contribution is -2.45. The number of carbonyl (C=O) groups is 2. The zero-order valence-electron chi connectivity index (χ0n) is 12.4. The van der Waals surface area contributed by atoms with Crippen LogP contribution >= 0.6 is 0 Å².